The van der Waals surface area contributed by atoms with Crippen molar-refractivity contribution in [1.82, 2.24) is 9.97 Å². The van der Waals surface area contributed by atoms with Crippen molar-refractivity contribution in [3.63, 3.8) is 0 Å². The fraction of sp³-hybridized carbons (Fsp3) is 0.222. The maximum Gasteiger partial charge on any atom is 0.266 e. The number of fused-ring (bicyclic) bond motifs is 1. The lowest BCUT2D eigenvalue weighted by Gasteiger charge is -2.20. The summed E-state index contributed by atoms with van der Waals surface area (Å²) in [5.41, 5.74) is 1.12. The molecule has 1 aliphatic rings. The van der Waals surface area contributed by atoms with Crippen molar-refractivity contribution in [2.45, 2.75) is 17.7 Å². The Bertz CT molecular complexity index is 1120. The molecule has 0 radical (unpaired) electrons. The van der Waals surface area contributed by atoms with Crippen molar-refractivity contribution in [1.29, 1.82) is 0 Å². The third kappa shape index (κ3) is 3.42. The van der Waals surface area contributed by atoms with Crippen molar-refractivity contribution in [2.75, 3.05) is 22.7 Å². The lowest BCUT2D eigenvalue weighted by molar-refractivity contribution is 0.555. The molecule has 0 spiro atoms. The maximum atomic E-state index is 14.0. The van der Waals surface area contributed by atoms with Crippen molar-refractivity contribution < 1.29 is 17.2 Å². The minimum Gasteiger partial charge on any atom is -0.354 e. The van der Waals surface area contributed by atoms with Gasteiger partial charge in [0.2, 0.25) is 0 Å². The minimum atomic E-state index is -4.38. The molecule has 0 amide bonds. The van der Waals surface area contributed by atoms with Gasteiger partial charge in [0.25, 0.3) is 10.0 Å². The number of nitrogens with zero attached hydrogens (tertiary/aromatic N) is 3. The first kappa shape index (κ1) is 17.6. The monoisotopic (exact) mass is 390 g/mol. The van der Waals surface area contributed by atoms with Gasteiger partial charge in [-0.05, 0) is 43.2 Å². The van der Waals surface area contributed by atoms with Crippen LogP contribution in [-0.4, -0.2) is 31.5 Å². The van der Waals surface area contributed by atoms with Crippen LogP contribution in [0.3, 0.4) is 0 Å². The van der Waals surface area contributed by atoms with E-state index in [0.717, 1.165) is 38.1 Å². The number of hydrogen-bond acceptors (Lipinski definition) is 5. The second-order valence-electron chi connectivity index (χ2n) is 6.26. The van der Waals surface area contributed by atoms with Gasteiger partial charge >= 0.3 is 0 Å². The average Bonchev–Trinajstić information content (AvgIpc) is 3.17. The Kier molecular flexibility index (Phi) is 4.39. The first-order chi connectivity index (χ1) is 12.9. The third-order valence-corrected chi connectivity index (χ3v) is 5.73. The number of aromatic nitrogens is 2. The molecule has 0 atom stereocenters. The van der Waals surface area contributed by atoms with E-state index < -0.39 is 26.6 Å². The summed E-state index contributed by atoms with van der Waals surface area (Å²) < 4.78 is 55.1. The van der Waals surface area contributed by atoms with Crippen LogP contribution in [0.1, 0.15) is 12.8 Å². The van der Waals surface area contributed by atoms with Gasteiger partial charge in [0.15, 0.2) is 11.6 Å². The van der Waals surface area contributed by atoms with Crippen LogP contribution >= 0.6 is 0 Å². The molecule has 140 valence electrons. The SMILES string of the molecule is O=S(=O)(Nc1nc2ccccc2nc1N1CCCC1)c1cc(F)ccc1F. The van der Waals surface area contributed by atoms with Crippen LogP contribution in [-0.2, 0) is 10.0 Å². The van der Waals surface area contributed by atoms with Gasteiger partial charge in [0, 0.05) is 13.1 Å². The zero-order chi connectivity index (χ0) is 19.0. The van der Waals surface area contributed by atoms with E-state index in [4.69, 9.17) is 0 Å². The van der Waals surface area contributed by atoms with Crippen LogP contribution in [0, 0.1) is 11.6 Å². The highest BCUT2D eigenvalue weighted by atomic mass is 32.2. The summed E-state index contributed by atoms with van der Waals surface area (Å²) in [6, 6.07) is 9.34. The standard InChI is InChI=1S/C18H16F2N4O2S/c19-12-7-8-13(20)16(11-12)27(25,26)23-17-18(24-9-3-4-10-24)22-15-6-2-1-5-14(15)21-17/h1-2,5-8,11H,3-4,9-10H2,(H,21,23). The van der Waals surface area contributed by atoms with Crippen LogP contribution in [0.4, 0.5) is 20.4 Å². The van der Waals surface area contributed by atoms with E-state index in [-0.39, 0.29) is 5.82 Å². The predicted molar refractivity (Wildman–Crippen MR) is 98.2 cm³/mol. The molecule has 0 saturated carbocycles. The van der Waals surface area contributed by atoms with Crippen LogP contribution in [0.25, 0.3) is 11.0 Å². The van der Waals surface area contributed by atoms with E-state index in [1.54, 1.807) is 18.2 Å². The average molecular weight is 390 g/mol. The number of sulfonamides is 1. The fourth-order valence-electron chi connectivity index (χ4n) is 3.07. The van der Waals surface area contributed by atoms with Crippen LogP contribution in [0.15, 0.2) is 47.4 Å². The molecule has 1 aromatic heterocycles. The number of rotatable bonds is 4. The minimum absolute atomic E-state index is 0.000684. The Morgan fingerprint density at radius 2 is 1.63 bits per heavy atom. The Hall–Kier alpha value is -2.81. The lowest BCUT2D eigenvalue weighted by atomic mass is 10.3. The molecule has 0 bridgehead atoms. The first-order valence-corrected chi connectivity index (χ1v) is 9.92. The van der Waals surface area contributed by atoms with Gasteiger partial charge in [-0.3, -0.25) is 4.72 Å². The highest BCUT2D eigenvalue weighted by Crippen LogP contribution is 2.30. The van der Waals surface area contributed by atoms with E-state index in [0.29, 0.717) is 22.9 Å². The fourth-order valence-corrected chi connectivity index (χ4v) is 4.17. The van der Waals surface area contributed by atoms with Gasteiger partial charge in [-0.1, -0.05) is 12.1 Å². The zero-order valence-electron chi connectivity index (χ0n) is 14.2. The number of benzene rings is 2. The molecule has 27 heavy (non-hydrogen) atoms. The normalized spacial score (nSPS) is 14.7. The lowest BCUT2D eigenvalue weighted by Crippen LogP contribution is -2.24. The summed E-state index contributed by atoms with van der Waals surface area (Å²) in [6.45, 7) is 1.44. The Morgan fingerprint density at radius 3 is 2.33 bits per heavy atom. The molecule has 2 aromatic carbocycles. The van der Waals surface area contributed by atoms with Crippen molar-refractivity contribution in [3.05, 3.63) is 54.1 Å². The summed E-state index contributed by atoms with van der Waals surface area (Å²) in [4.78, 5) is 10.1. The summed E-state index contributed by atoms with van der Waals surface area (Å²) in [5.74, 6) is -1.51. The van der Waals surface area contributed by atoms with E-state index in [9.17, 15) is 17.2 Å². The first-order valence-electron chi connectivity index (χ1n) is 8.44. The molecule has 0 aliphatic carbocycles. The number of hydrogen-bond donors (Lipinski definition) is 1. The maximum absolute atomic E-state index is 14.0. The molecular weight excluding hydrogens is 374 g/mol. The molecule has 1 aliphatic heterocycles. The molecule has 2 heterocycles. The molecule has 0 unspecified atom stereocenters. The van der Waals surface area contributed by atoms with Gasteiger partial charge in [-0.25, -0.2) is 27.2 Å². The summed E-state index contributed by atoms with van der Waals surface area (Å²) in [7, 11) is -4.38. The number of para-hydroxylation sites is 2. The van der Waals surface area contributed by atoms with Crippen LogP contribution < -0.4 is 9.62 Å². The van der Waals surface area contributed by atoms with Crippen molar-refractivity contribution in [2.24, 2.45) is 0 Å². The summed E-state index contributed by atoms with van der Waals surface area (Å²) in [5, 5.41) is 0. The largest absolute Gasteiger partial charge is 0.354 e. The highest BCUT2D eigenvalue weighted by Gasteiger charge is 2.25. The van der Waals surface area contributed by atoms with Gasteiger partial charge < -0.3 is 4.90 Å². The Morgan fingerprint density at radius 1 is 0.963 bits per heavy atom. The number of nitrogens with one attached hydrogen (secondary N) is 1. The van der Waals surface area contributed by atoms with Gasteiger partial charge in [-0.15, -0.1) is 0 Å². The molecule has 1 N–H and O–H groups in total. The predicted octanol–water partition coefficient (Wildman–Crippen LogP) is 3.31. The van der Waals surface area contributed by atoms with Gasteiger partial charge in [-0.2, -0.15) is 0 Å². The molecule has 1 saturated heterocycles. The second-order valence-corrected chi connectivity index (χ2v) is 7.91. The van der Waals surface area contributed by atoms with E-state index in [2.05, 4.69) is 14.7 Å². The summed E-state index contributed by atoms with van der Waals surface area (Å²) in [6.07, 6.45) is 1.92. The Labute approximate surface area is 154 Å². The second kappa shape index (κ2) is 6.73. The quantitative estimate of drug-likeness (QED) is 0.740. The molecule has 4 rings (SSSR count). The third-order valence-electron chi connectivity index (χ3n) is 4.37. The Balaban J connectivity index is 1.82. The molecule has 9 heteroatoms. The molecule has 1 fully saturated rings. The molecule has 3 aromatic rings. The molecule has 6 nitrogen and oxygen atoms in total. The topological polar surface area (TPSA) is 75.2 Å². The number of anilines is 2. The molecular formula is C18H16F2N4O2S. The van der Waals surface area contributed by atoms with Gasteiger partial charge in [0.05, 0.1) is 11.0 Å². The van der Waals surface area contributed by atoms with Crippen LogP contribution in [0.2, 0.25) is 0 Å². The van der Waals surface area contributed by atoms with E-state index >= 15 is 0 Å². The summed E-state index contributed by atoms with van der Waals surface area (Å²) >= 11 is 0. The van der Waals surface area contributed by atoms with Crippen molar-refractivity contribution >= 4 is 32.7 Å². The van der Waals surface area contributed by atoms with Crippen molar-refractivity contribution in [3.8, 4) is 0 Å². The smallest absolute Gasteiger partial charge is 0.266 e. The zero-order valence-corrected chi connectivity index (χ0v) is 15.0. The highest BCUT2D eigenvalue weighted by molar-refractivity contribution is 7.92. The van der Waals surface area contributed by atoms with E-state index in [1.165, 1.54) is 0 Å². The van der Waals surface area contributed by atoms with E-state index in [1.807, 2.05) is 11.0 Å². The number of halogens is 2. The van der Waals surface area contributed by atoms with Crippen LogP contribution in [0.5, 0.6) is 0 Å². The van der Waals surface area contributed by atoms with Gasteiger partial charge in [0.1, 0.15) is 16.5 Å².